The van der Waals surface area contributed by atoms with E-state index in [2.05, 4.69) is 20.8 Å². The van der Waals surface area contributed by atoms with E-state index in [1.165, 1.54) is 0 Å². The maximum Gasteiger partial charge on any atom is 0.253 e. The number of ketones is 1. The molecule has 0 N–H and O–H groups in total. The molecule has 0 aliphatic carbocycles. The van der Waals surface area contributed by atoms with Crippen molar-refractivity contribution in [3.8, 4) is 0 Å². The van der Waals surface area contributed by atoms with Gasteiger partial charge in [-0.25, -0.2) is 0 Å². The first kappa shape index (κ1) is 13.8. The van der Waals surface area contributed by atoms with Gasteiger partial charge in [-0.15, -0.1) is 0 Å². The second kappa shape index (κ2) is 4.56. The van der Waals surface area contributed by atoms with E-state index in [1.54, 1.807) is 12.1 Å². The SMILES string of the molecule is CC(C)(C)c1ccc(C(=O)C(Cl)(Cl)Cl)cc1. The second-order valence-corrected chi connectivity index (χ2v) is 6.94. The highest BCUT2D eigenvalue weighted by atomic mass is 35.6. The molecule has 4 heteroatoms. The van der Waals surface area contributed by atoms with Crippen molar-refractivity contribution >= 4 is 40.6 Å². The molecule has 1 rings (SSSR count). The fourth-order valence-corrected chi connectivity index (χ4v) is 1.61. The summed E-state index contributed by atoms with van der Waals surface area (Å²) in [7, 11) is 0. The van der Waals surface area contributed by atoms with Crippen LogP contribution in [0.4, 0.5) is 0 Å². The summed E-state index contributed by atoms with van der Waals surface area (Å²) in [6.07, 6.45) is 0. The van der Waals surface area contributed by atoms with Crippen LogP contribution >= 0.6 is 34.8 Å². The molecule has 1 nitrogen and oxygen atoms in total. The fraction of sp³-hybridized carbons (Fsp3) is 0.417. The molecule has 0 fully saturated rings. The first-order valence-corrected chi connectivity index (χ1v) is 5.98. The lowest BCUT2D eigenvalue weighted by Gasteiger charge is -2.19. The van der Waals surface area contributed by atoms with E-state index in [0.29, 0.717) is 5.56 Å². The van der Waals surface area contributed by atoms with Gasteiger partial charge in [0, 0.05) is 5.56 Å². The molecule has 1 aromatic carbocycles. The van der Waals surface area contributed by atoms with Gasteiger partial charge in [-0.3, -0.25) is 4.79 Å². The number of rotatable bonds is 1. The standard InChI is InChI=1S/C12H13Cl3O/c1-11(2,3)9-6-4-8(5-7-9)10(16)12(13,14)15/h4-7H,1-3H3. The zero-order valence-electron chi connectivity index (χ0n) is 9.35. The number of carbonyl (C=O) groups excluding carboxylic acids is 1. The van der Waals surface area contributed by atoms with E-state index in [0.717, 1.165) is 5.56 Å². The van der Waals surface area contributed by atoms with Crippen molar-refractivity contribution in [2.45, 2.75) is 30.0 Å². The molecule has 0 unspecified atom stereocenters. The first-order valence-electron chi connectivity index (χ1n) is 4.84. The van der Waals surface area contributed by atoms with Crippen LogP contribution in [-0.4, -0.2) is 9.58 Å². The molecule has 16 heavy (non-hydrogen) atoms. The molecule has 0 saturated carbocycles. The van der Waals surface area contributed by atoms with Gasteiger partial charge in [0.15, 0.2) is 0 Å². The van der Waals surface area contributed by atoms with Crippen LogP contribution in [0.2, 0.25) is 0 Å². The molecule has 0 aliphatic rings. The Morgan fingerprint density at radius 3 is 1.75 bits per heavy atom. The van der Waals surface area contributed by atoms with Crippen molar-refractivity contribution in [2.75, 3.05) is 0 Å². The minimum absolute atomic E-state index is 0.0432. The highest BCUT2D eigenvalue weighted by Gasteiger charge is 2.31. The van der Waals surface area contributed by atoms with Gasteiger partial charge in [-0.2, -0.15) is 0 Å². The Morgan fingerprint density at radius 1 is 1.00 bits per heavy atom. The third kappa shape index (κ3) is 3.38. The van der Waals surface area contributed by atoms with Crippen LogP contribution in [0.5, 0.6) is 0 Å². The summed E-state index contributed by atoms with van der Waals surface area (Å²) in [6, 6.07) is 7.13. The lowest BCUT2D eigenvalue weighted by Crippen LogP contribution is -2.19. The van der Waals surface area contributed by atoms with Gasteiger partial charge >= 0.3 is 0 Å². The highest BCUT2D eigenvalue weighted by molar-refractivity contribution is 6.77. The second-order valence-electron chi connectivity index (χ2n) is 4.65. The van der Waals surface area contributed by atoms with Crippen LogP contribution in [0.15, 0.2) is 24.3 Å². The average Bonchev–Trinajstić information content (AvgIpc) is 2.14. The fourth-order valence-electron chi connectivity index (χ4n) is 1.29. The maximum atomic E-state index is 11.6. The maximum absolute atomic E-state index is 11.6. The number of alkyl halides is 3. The van der Waals surface area contributed by atoms with Gasteiger partial charge in [0.25, 0.3) is 3.79 Å². The van der Waals surface area contributed by atoms with E-state index in [1.807, 2.05) is 12.1 Å². The molecule has 0 saturated heterocycles. The molecule has 0 heterocycles. The van der Waals surface area contributed by atoms with E-state index in [9.17, 15) is 4.79 Å². The van der Waals surface area contributed by atoms with Gasteiger partial charge in [0.05, 0.1) is 0 Å². The van der Waals surface area contributed by atoms with Crippen LogP contribution in [-0.2, 0) is 5.41 Å². The third-order valence-electron chi connectivity index (χ3n) is 2.27. The topological polar surface area (TPSA) is 17.1 Å². The Morgan fingerprint density at radius 2 is 1.44 bits per heavy atom. The predicted octanol–water partition coefficient (Wildman–Crippen LogP) is 4.54. The van der Waals surface area contributed by atoms with Crippen molar-refractivity contribution in [1.29, 1.82) is 0 Å². The molecule has 0 aromatic heterocycles. The first-order chi connectivity index (χ1) is 7.12. The summed E-state index contributed by atoms with van der Waals surface area (Å²) in [6.45, 7) is 6.29. The quantitative estimate of drug-likeness (QED) is 0.545. The van der Waals surface area contributed by atoms with Crippen molar-refractivity contribution in [1.82, 2.24) is 0 Å². The van der Waals surface area contributed by atoms with Crippen molar-refractivity contribution in [3.63, 3.8) is 0 Å². The Labute approximate surface area is 111 Å². The monoisotopic (exact) mass is 278 g/mol. The van der Waals surface area contributed by atoms with E-state index < -0.39 is 9.58 Å². The number of halogens is 3. The van der Waals surface area contributed by atoms with E-state index in [-0.39, 0.29) is 5.41 Å². The van der Waals surface area contributed by atoms with Crippen molar-refractivity contribution in [3.05, 3.63) is 35.4 Å². The number of carbonyl (C=O) groups is 1. The van der Waals surface area contributed by atoms with E-state index >= 15 is 0 Å². The molecule has 0 atom stereocenters. The highest BCUT2D eigenvalue weighted by Crippen LogP contribution is 2.31. The summed E-state index contributed by atoms with van der Waals surface area (Å²) >= 11 is 16.6. The zero-order valence-corrected chi connectivity index (χ0v) is 11.6. The summed E-state index contributed by atoms with van der Waals surface area (Å²) < 4.78 is -1.89. The number of hydrogen-bond acceptors (Lipinski definition) is 1. The third-order valence-corrected chi connectivity index (χ3v) is 2.79. The molecular formula is C12H13Cl3O. The average molecular weight is 280 g/mol. The van der Waals surface area contributed by atoms with Gasteiger partial charge in [0.2, 0.25) is 5.78 Å². The van der Waals surface area contributed by atoms with Crippen LogP contribution in [0.3, 0.4) is 0 Å². The summed E-state index contributed by atoms with van der Waals surface area (Å²) in [5.41, 5.74) is 1.59. The van der Waals surface area contributed by atoms with Crippen LogP contribution < -0.4 is 0 Å². The molecule has 0 bridgehead atoms. The molecule has 0 amide bonds. The molecule has 88 valence electrons. The Balaban J connectivity index is 3.01. The Bertz CT molecular complexity index is 382. The lowest BCUT2D eigenvalue weighted by atomic mass is 9.86. The summed E-state index contributed by atoms with van der Waals surface area (Å²) in [5, 5.41) is 0. The van der Waals surface area contributed by atoms with Crippen LogP contribution in [0.25, 0.3) is 0 Å². The summed E-state index contributed by atoms with van der Waals surface area (Å²) in [5.74, 6) is -0.502. The zero-order chi connectivity index (χ0) is 12.6. The predicted molar refractivity (Wildman–Crippen MR) is 69.8 cm³/mol. The van der Waals surface area contributed by atoms with E-state index in [4.69, 9.17) is 34.8 Å². The molecule has 0 spiro atoms. The van der Waals surface area contributed by atoms with Gasteiger partial charge in [0.1, 0.15) is 0 Å². The molecule has 0 aliphatic heterocycles. The van der Waals surface area contributed by atoms with Crippen molar-refractivity contribution in [2.24, 2.45) is 0 Å². The number of hydrogen-bond donors (Lipinski definition) is 0. The van der Waals surface area contributed by atoms with Gasteiger partial charge in [-0.05, 0) is 11.0 Å². The lowest BCUT2D eigenvalue weighted by molar-refractivity contribution is 0.0996. The van der Waals surface area contributed by atoms with Crippen LogP contribution in [0, 0.1) is 0 Å². The Kier molecular flexibility index (Phi) is 3.94. The minimum Gasteiger partial charge on any atom is -0.289 e. The van der Waals surface area contributed by atoms with Gasteiger partial charge < -0.3 is 0 Å². The molecule has 1 aromatic rings. The smallest absolute Gasteiger partial charge is 0.253 e. The normalized spacial score (nSPS) is 12.6. The minimum atomic E-state index is -1.89. The molecular weight excluding hydrogens is 266 g/mol. The van der Waals surface area contributed by atoms with Crippen LogP contribution in [0.1, 0.15) is 36.7 Å². The molecule has 0 radical (unpaired) electrons. The number of benzene rings is 1. The Hall–Kier alpha value is -0.240. The van der Waals surface area contributed by atoms with Crippen molar-refractivity contribution < 1.29 is 4.79 Å². The largest absolute Gasteiger partial charge is 0.289 e. The number of Topliss-reactive ketones (excluding diaryl/α,β-unsaturated/α-hetero) is 1. The summed E-state index contributed by atoms with van der Waals surface area (Å²) in [4.78, 5) is 11.6. The van der Waals surface area contributed by atoms with Gasteiger partial charge in [-0.1, -0.05) is 79.8 Å².